The minimum absolute atomic E-state index is 0.119. The minimum atomic E-state index is -0.119. The molecule has 19 heavy (non-hydrogen) atoms. The molecule has 0 aliphatic heterocycles. The summed E-state index contributed by atoms with van der Waals surface area (Å²) in [6.07, 6.45) is 1.28. The summed E-state index contributed by atoms with van der Waals surface area (Å²) in [5, 5.41) is 13.9. The van der Waals surface area contributed by atoms with E-state index in [1.54, 1.807) is 18.2 Å². The van der Waals surface area contributed by atoms with Gasteiger partial charge in [0.25, 0.3) is 5.91 Å². The van der Waals surface area contributed by atoms with E-state index in [2.05, 4.69) is 15.5 Å². The SMILES string of the molecule is O=C(Nc1ccc(-c2nnco2)cc1)c1ccsc1. The van der Waals surface area contributed by atoms with Crippen molar-refractivity contribution in [1.82, 2.24) is 10.2 Å². The van der Waals surface area contributed by atoms with Crippen molar-refractivity contribution in [3.8, 4) is 11.5 Å². The van der Waals surface area contributed by atoms with Crippen LogP contribution >= 0.6 is 11.3 Å². The fourth-order valence-corrected chi connectivity index (χ4v) is 2.23. The van der Waals surface area contributed by atoms with Crippen LogP contribution < -0.4 is 5.32 Å². The van der Waals surface area contributed by atoms with Gasteiger partial charge in [0.1, 0.15) is 0 Å². The Hall–Kier alpha value is -2.47. The zero-order valence-electron chi connectivity index (χ0n) is 9.74. The molecule has 94 valence electrons. The summed E-state index contributed by atoms with van der Waals surface area (Å²) in [4.78, 5) is 11.8. The first-order valence-electron chi connectivity index (χ1n) is 5.53. The van der Waals surface area contributed by atoms with Gasteiger partial charge in [0.15, 0.2) is 0 Å². The summed E-state index contributed by atoms with van der Waals surface area (Å²) in [5.74, 6) is 0.336. The zero-order chi connectivity index (χ0) is 13.1. The standard InChI is InChI=1S/C13H9N3O2S/c17-12(10-5-6-19-7-10)15-11-3-1-9(2-4-11)13-16-14-8-18-13/h1-8H,(H,15,17). The Kier molecular flexibility index (Phi) is 3.07. The van der Waals surface area contributed by atoms with Gasteiger partial charge in [-0.05, 0) is 35.7 Å². The molecule has 6 heteroatoms. The quantitative estimate of drug-likeness (QED) is 0.795. The van der Waals surface area contributed by atoms with Crippen LogP contribution in [-0.4, -0.2) is 16.1 Å². The van der Waals surface area contributed by atoms with Crippen LogP contribution in [0.25, 0.3) is 11.5 Å². The molecule has 1 aromatic carbocycles. The van der Waals surface area contributed by atoms with Crippen LogP contribution in [0.1, 0.15) is 10.4 Å². The second-order valence-corrected chi connectivity index (χ2v) is 4.57. The summed E-state index contributed by atoms with van der Waals surface area (Å²) in [7, 11) is 0. The van der Waals surface area contributed by atoms with E-state index < -0.39 is 0 Å². The molecule has 1 amide bonds. The number of carbonyl (C=O) groups is 1. The Bertz CT molecular complexity index is 661. The Balaban J connectivity index is 1.75. The molecule has 2 aromatic heterocycles. The summed E-state index contributed by atoms with van der Waals surface area (Å²) in [6.45, 7) is 0. The molecule has 0 aliphatic rings. The fraction of sp³-hybridized carbons (Fsp3) is 0. The number of nitrogens with zero attached hydrogens (tertiary/aromatic N) is 2. The normalized spacial score (nSPS) is 10.3. The Morgan fingerprint density at radius 1 is 1.21 bits per heavy atom. The molecule has 1 N–H and O–H groups in total. The maximum Gasteiger partial charge on any atom is 0.256 e. The first kappa shape index (κ1) is 11.6. The fourth-order valence-electron chi connectivity index (χ4n) is 1.59. The Morgan fingerprint density at radius 3 is 2.68 bits per heavy atom. The second kappa shape index (κ2) is 5.03. The van der Waals surface area contributed by atoms with Crippen LogP contribution in [0, 0.1) is 0 Å². The van der Waals surface area contributed by atoms with Crippen molar-refractivity contribution in [3.05, 3.63) is 53.0 Å². The Morgan fingerprint density at radius 2 is 2.05 bits per heavy atom. The van der Waals surface area contributed by atoms with Crippen LogP contribution in [0.4, 0.5) is 5.69 Å². The highest BCUT2D eigenvalue weighted by Gasteiger charge is 2.07. The maximum atomic E-state index is 11.8. The Labute approximate surface area is 112 Å². The third kappa shape index (κ3) is 2.53. The highest BCUT2D eigenvalue weighted by molar-refractivity contribution is 7.08. The number of hydrogen-bond acceptors (Lipinski definition) is 5. The average Bonchev–Trinajstić information content (AvgIpc) is 3.13. The number of carbonyl (C=O) groups excluding carboxylic acids is 1. The number of aromatic nitrogens is 2. The molecule has 0 unspecified atom stereocenters. The minimum Gasteiger partial charge on any atom is -0.423 e. The summed E-state index contributed by atoms with van der Waals surface area (Å²) < 4.78 is 5.09. The number of anilines is 1. The molecule has 0 aliphatic carbocycles. The van der Waals surface area contributed by atoms with E-state index in [-0.39, 0.29) is 5.91 Å². The van der Waals surface area contributed by atoms with Gasteiger partial charge in [0.2, 0.25) is 12.3 Å². The molecule has 5 nitrogen and oxygen atoms in total. The molecular weight excluding hydrogens is 262 g/mol. The van der Waals surface area contributed by atoms with Gasteiger partial charge in [0.05, 0.1) is 5.56 Å². The predicted molar refractivity (Wildman–Crippen MR) is 72.0 cm³/mol. The van der Waals surface area contributed by atoms with E-state index in [0.717, 1.165) is 11.3 Å². The summed E-state index contributed by atoms with van der Waals surface area (Å²) >= 11 is 1.49. The van der Waals surface area contributed by atoms with E-state index in [1.165, 1.54) is 17.7 Å². The lowest BCUT2D eigenvalue weighted by Crippen LogP contribution is -2.10. The van der Waals surface area contributed by atoms with Crippen LogP contribution in [0.3, 0.4) is 0 Å². The third-order valence-electron chi connectivity index (χ3n) is 2.53. The van der Waals surface area contributed by atoms with E-state index in [1.807, 2.05) is 22.9 Å². The van der Waals surface area contributed by atoms with Gasteiger partial charge in [-0.3, -0.25) is 4.79 Å². The lowest BCUT2D eigenvalue weighted by Gasteiger charge is -2.04. The van der Waals surface area contributed by atoms with E-state index in [4.69, 9.17) is 4.42 Å². The highest BCUT2D eigenvalue weighted by atomic mass is 32.1. The maximum absolute atomic E-state index is 11.8. The summed E-state index contributed by atoms with van der Waals surface area (Å²) in [6, 6.07) is 9.01. The second-order valence-electron chi connectivity index (χ2n) is 3.79. The van der Waals surface area contributed by atoms with Crippen LogP contribution in [-0.2, 0) is 0 Å². The average molecular weight is 271 g/mol. The van der Waals surface area contributed by atoms with Crippen LogP contribution in [0.15, 0.2) is 51.9 Å². The van der Waals surface area contributed by atoms with Crippen molar-refractivity contribution in [2.75, 3.05) is 5.32 Å². The van der Waals surface area contributed by atoms with Crippen molar-refractivity contribution in [2.45, 2.75) is 0 Å². The molecule has 0 bridgehead atoms. The van der Waals surface area contributed by atoms with E-state index in [0.29, 0.717) is 11.5 Å². The van der Waals surface area contributed by atoms with Gasteiger partial charge in [0, 0.05) is 16.6 Å². The van der Waals surface area contributed by atoms with Gasteiger partial charge < -0.3 is 9.73 Å². The number of amides is 1. The van der Waals surface area contributed by atoms with Crippen LogP contribution in [0.5, 0.6) is 0 Å². The highest BCUT2D eigenvalue weighted by Crippen LogP contribution is 2.19. The largest absolute Gasteiger partial charge is 0.423 e. The van der Waals surface area contributed by atoms with Gasteiger partial charge in [-0.15, -0.1) is 10.2 Å². The third-order valence-corrected chi connectivity index (χ3v) is 3.22. The van der Waals surface area contributed by atoms with Crippen molar-refractivity contribution in [3.63, 3.8) is 0 Å². The van der Waals surface area contributed by atoms with Gasteiger partial charge >= 0.3 is 0 Å². The topological polar surface area (TPSA) is 68.0 Å². The van der Waals surface area contributed by atoms with Crippen LogP contribution in [0.2, 0.25) is 0 Å². The van der Waals surface area contributed by atoms with Crippen molar-refractivity contribution >= 4 is 22.9 Å². The molecule has 3 aromatic rings. The smallest absolute Gasteiger partial charge is 0.256 e. The van der Waals surface area contributed by atoms with E-state index in [9.17, 15) is 4.79 Å². The zero-order valence-corrected chi connectivity index (χ0v) is 10.6. The molecule has 0 radical (unpaired) electrons. The van der Waals surface area contributed by atoms with Crippen molar-refractivity contribution in [2.24, 2.45) is 0 Å². The van der Waals surface area contributed by atoms with Gasteiger partial charge in [-0.25, -0.2) is 0 Å². The number of rotatable bonds is 3. The molecule has 0 spiro atoms. The van der Waals surface area contributed by atoms with Gasteiger partial charge in [-0.1, -0.05) is 0 Å². The molecule has 0 atom stereocenters. The van der Waals surface area contributed by atoms with Crippen molar-refractivity contribution < 1.29 is 9.21 Å². The summed E-state index contributed by atoms with van der Waals surface area (Å²) in [5.41, 5.74) is 2.19. The molecule has 0 fully saturated rings. The number of hydrogen-bond donors (Lipinski definition) is 1. The number of benzene rings is 1. The van der Waals surface area contributed by atoms with E-state index >= 15 is 0 Å². The number of nitrogens with one attached hydrogen (secondary N) is 1. The lowest BCUT2D eigenvalue weighted by atomic mass is 10.2. The lowest BCUT2D eigenvalue weighted by molar-refractivity contribution is 0.102. The molecule has 0 saturated heterocycles. The first-order chi connectivity index (χ1) is 9.33. The first-order valence-corrected chi connectivity index (χ1v) is 6.47. The molecule has 3 rings (SSSR count). The predicted octanol–water partition coefficient (Wildman–Crippen LogP) is 3.05. The van der Waals surface area contributed by atoms with Crippen molar-refractivity contribution in [1.29, 1.82) is 0 Å². The molecule has 2 heterocycles. The molecule has 0 saturated carbocycles. The monoisotopic (exact) mass is 271 g/mol. The number of thiophene rings is 1. The van der Waals surface area contributed by atoms with Gasteiger partial charge in [-0.2, -0.15) is 11.3 Å². The molecular formula is C13H9N3O2S.